The normalized spacial score (nSPS) is 10.0. The molecule has 0 aliphatic carbocycles. The van der Waals surface area contributed by atoms with Crippen LogP contribution in [0.15, 0.2) is 72.8 Å². The highest BCUT2D eigenvalue weighted by Crippen LogP contribution is 2.23. The maximum Gasteiger partial charge on any atom is 0.349 e. The van der Waals surface area contributed by atoms with Crippen LogP contribution in [0.1, 0.15) is 11.1 Å². The summed E-state index contributed by atoms with van der Waals surface area (Å²) in [6, 6.07) is 24.1. The van der Waals surface area contributed by atoms with Crippen LogP contribution in [0.25, 0.3) is 11.1 Å². The minimum absolute atomic E-state index is 0.151. The van der Waals surface area contributed by atoms with Crippen molar-refractivity contribution in [3.8, 4) is 28.7 Å². The van der Waals surface area contributed by atoms with Crippen LogP contribution >= 0.6 is 0 Å². The maximum atomic E-state index is 11.9. The van der Waals surface area contributed by atoms with Gasteiger partial charge in [0, 0.05) is 0 Å². The lowest BCUT2D eigenvalue weighted by Crippen LogP contribution is -2.17. The average Bonchev–Trinajstić information content (AvgIpc) is 2.68. The van der Waals surface area contributed by atoms with Gasteiger partial charge in [-0.25, -0.2) is 4.79 Å². The van der Waals surface area contributed by atoms with E-state index in [0.29, 0.717) is 17.1 Å². The Morgan fingerprint density at radius 2 is 1.54 bits per heavy atom. The Morgan fingerprint density at radius 3 is 2.15 bits per heavy atom. The van der Waals surface area contributed by atoms with E-state index in [9.17, 15) is 4.79 Å². The molecule has 0 N–H and O–H groups in total. The molecule has 0 aliphatic heterocycles. The molecule has 3 aromatic rings. The van der Waals surface area contributed by atoms with Gasteiger partial charge in [-0.1, -0.05) is 42.5 Å². The lowest BCUT2D eigenvalue weighted by molar-refractivity contribution is -0.136. The fourth-order valence-corrected chi connectivity index (χ4v) is 2.47. The van der Waals surface area contributed by atoms with E-state index >= 15 is 0 Å². The molecule has 0 saturated heterocycles. The van der Waals surface area contributed by atoms with Crippen molar-refractivity contribution in [2.75, 3.05) is 6.61 Å². The molecule has 3 rings (SSSR count). The molecule has 0 fully saturated rings. The van der Waals surface area contributed by atoms with Crippen LogP contribution < -0.4 is 9.47 Å². The first-order valence-electron chi connectivity index (χ1n) is 8.15. The number of para-hydroxylation sites is 1. The molecule has 0 unspecified atom stereocenters. The van der Waals surface area contributed by atoms with Crippen molar-refractivity contribution in [1.29, 1.82) is 5.26 Å². The molecule has 0 radical (unpaired) electrons. The van der Waals surface area contributed by atoms with E-state index in [1.54, 1.807) is 24.3 Å². The minimum Gasteiger partial charge on any atom is -0.482 e. The Kier molecular flexibility index (Phi) is 5.31. The lowest BCUT2D eigenvalue weighted by Gasteiger charge is -2.09. The van der Waals surface area contributed by atoms with Gasteiger partial charge >= 0.3 is 5.97 Å². The van der Waals surface area contributed by atoms with Crippen LogP contribution in [-0.4, -0.2) is 12.6 Å². The average molecular weight is 343 g/mol. The van der Waals surface area contributed by atoms with Crippen molar-refractivity contribution in [1.82, 2.24) is 0 Å². The van der Waals surface area contributed by atoms with Gasteiger partial charge in [0.05, 0.1) is 11.6 Å². The van der Waals surface area contributed by atoms with E-state index in [4.69, 9.17) is 14.7 Å². The Labute approximate surface area is 152 Å². The summed E-state index contributed by atoms with van der Waals surface area (Å²) in [5, 5.41) is 8.84. The van der Waals surface area contributed by atoms with Crippen molar-refractivity contribution >= 4 is 5.97 Å². The second-order valence-corrected chi connectivity index (χ2v) is 5.74. The molecule has 0 atom stereocenters. The van der Waals surface area contributed by atoms with E-state index in [0.717, 1.165) is 16.7 Å². The van der Waals surface area contributed by atoms with Gasteiger partial charge in [0.2, 0.25) is 0 Å². The van der Waals surface area contributed by atoms with Crippen molar-refractivity contribution in [3.63, 3.8) is 0 Å². The van der Waals surface area contributed by atoms with E-state index in [-0.39, 0.29) is 6.61 Å². The molecule has 3 aromatic carbocycles. The van der Waals surface area contributed by atoms with E-state index < -0.39 is 5.97 Å². The van der Waals surface area contributed by atoms with Gasteiger partial charge in [-0.3, -0.25) is 0 Å². The summed E-state index contributed by atoms with van der Waals surface area (Å²) < 4.78 is 10.8. The number of esters is 1. The molecular weight excluding hydrogens is 326 g/mol. The van der Waals surface area contributed by atoms with Gasteiger partial charge in [-0.2, -0.15) is 5.26 Å². The Bertz CT molecular complexity index is 938. The molecule has 0 bridgehead atoms. The second kappa shape index (κ2) is 8.00. The van der Waals surface area contributed by atoms with Gasteiger partial charge < -0.3 is 9.47 Å². The summed E-state index contributed by atoms with van der Waals surface area (Å²) >= 11 is 0. The van der Waals surface area contributed by atoms with Crippen LogP contribution in [0.4, 0.5) is 0 Å². The number of hydrogen-bond donors (Lipinski definition) is 0. The summed E-state index contributed by atoms with van der Waals surface area (Å²) in [4.78, 5) is 11.9. The van der Waals surface area contributed by atoms with Crippen LogP contribution in [0.2, 0.25) is 0 Å². The van der Waals surface area contributed by atoms with Gasteiger partial charge in [0.1, 0.15) is 11.5 Å². The smallest absolute Gasteiger partial charge is 0.349 e. The Morgan fingerprint density at radius 1 is 0.923 bits per heavy atom. The van der Waals surface area contributed by atoms with Crippen LogP contribution in [0.3, 0.4) is 0 Å². The van der Waals surface area contributed by atoms with E-state index in [1.165, 1.54) is 0 Å². The highest BCUT2D eigenvalue weighted by molar-refractivity contribution is 5.74. The molecule has 4 nitrogen and oxygen atoms in total. The Balaban J connectivity index is 1.59. The SMILES string of the molecule is Cc1ccccc1OCC(=O)Oc1ccc(-c2ccc(C#N)cc2)cc1. The van der Waals surface area contributed by atoms with E-state index in [2.05, 4.69) is 6.07 Å². The van der Waals surface area contributed by atoms with Crippen LogP contribution in [0.5, 0.6) is 11.5 Å². The number of benzene rings is 3. The Hall–Kier alpha value is -3.58. The number of carbonyl (C=O) groups excluding carboxylic acids is 1. The van der Waals surface area contributed by atoms with Crippen molar-refractivity contribution in [2.45, 2.75) is 6.92 Å². The summed E-state index contributed by atoms with van der Waals surface area (Å²) in [5.74, 6) is 0.667. The summed E-state index contributed by atoms with van der Waals surface area (Å²) in [6.45, 7) is 1.77. The highest BCUT2D eigenvalue weighted by Gasteiger charge is 2.08. The quantitative estimate of drug-likeness (QED) is 0.505. The van der Waals surface area contributed by atoms with Crippen LogP contribution in [-0.2, 0) is 4.79 Å². The number of aryl methyl sites for hydroxylation is 1. The highest BCUT2D eigenvalue weighted by atomic mass is 16.6. The second-order valence-electron chi connectivity index (χ2n) is 5.74. The first-order valence-corrected chi connectivity index (χ1v) is 8.15. The summed E-state index contributed by atoms with van der Waals surface area (Å²) in [7, 11) is 0. The zero-order valence-corrected chi connectivity index (χ0v) is 14.3. The topological polar surface area (TPSA) is 59.3 Å². The third-order valence-corrected chi connectivity index (χ3v) is 3.87. The zero-order chi connectivity index (χ0) is 18.4. The molecule has 0 saturated carbocycles. The summed E-state index contributed by atoms with van der Waals surface area (Å²) in [6.07, 6.45) is 0. The van der Waals surface area contributed by atoms with Crippen molar-refractivity contribution in [2.24, 2.45) is 0 Å². The standard InChI is InChI=1S/C22H17NO3/c1-16-4-2-3-5-21(16)25-15-22(24)26-20-12-10-19(11-13-20)18-8-6-17(14-23)7-9-18/h2-13H,15H2,1H3. The number of hydrogen-bond acceptors (Lipinski definition) is 4. The molecule has 0 aromatic heterocycles. The molecule has 0 heterocycles. The molecule has 4 heteroatoms. The fourth-order valence-electron chi connectivity index (χ4n) is 2.47. The molecule has 128 valence electrons. The lowest BCUT2D eigenvalue weighted by atomic mass is 10.0. The number of nitriles is 1. The number of nitrogens with zero attached hydrogens (tertiary/aromatic N) is 1. The number of carbonyl (C=O) groups is 1. The molecule has 0 amide bonds. The molecule has 0 aliphatic rings. The maximum absolute atomic E-state index is 11.9. The van der Waals surface area contributed by atoms with E-state index in [1.807, 2.05) is 55.5 Å². The minimum atomic E-state index is -0.459. The van der Waals surface area contributed by atoms with Crippen molar-refractivity contribution < 1.29 is 14.3 Å². The molecule has 0 spiro atoms. The first-order chi connectivity index (χ1) is 12.7. The number of ether oxygens (including phenoxy) is 2. The molecule has 26 heavy (non-hydrogen) atoms. The van der Waals surface area contributed by atoms with Crippen molar-refractivity contribution in [3.05, 3.63) is 83.9 Å². The largest absolute Gasteiger partial charge is 0.482 e. The third-order valence-electron chi connectivity index (χ3n) is 3.87. The number of rotatable bonds is 5. The van der Waals surface area contributed by atoms with Gasteiger partial charge in [-0.05, 0) is 53.9 Å². The van der Waals surface area contributed by atoms with Gasteiger partial charge in [0.25, 0.3) is 0 Å². The van der Waals surface area contributed by atoms with Gasteiger partial charge in [-0.15, -0.1) is 0 Å². The third kappa shape index (κ3) is 4.28. The summed E-state index contributed by atoms with van der Waals surface area (Å²) in [5.41, 5.74) is 3.55. The monoisotopic (exact) mass is 343 g/mol. The zero-order valence-electron chi connectivity index (χ0n) is 14.3. The predicted octanol–water partition coefficient (Wildman–Crippen LogP) is 4.52. The molecular formula is C22H17NO3. The predicted molar refractivity (Wildman–Crippen MR) is 98.9 cm³/mol. The first kappa shape index (κ1) is 17.2. The fraction of sp³-hybridized carbons (Fsp3) is 0.0909. The van der Waals surface area contributed by atoms with Gasteiger partial charge in [0.15, 0.2) is 6.61 Å². The van der Waals surface area contributed by atoms with Crippen LogP contribution in [0, 0.1) is 18.3 Å².